The monoisotopic (exact) mass is 180 g/mol. The third-order valence-electron chi connectivity index (χ3n) is 4.98. The molecular weight excluding hydrogens is 160 g/mol. The molecule has 4 aliphatic rings. The van der Waals surface area contributed by atoms with Crippen LogP contribution in [0.15, 0.2) is 0 Å². The molecule has 0 radical (unpaired) electrons. The van der Waals surface area contributed by atoms with Gasteiger partial charge < -0.3 is 5.11 Å². The van der Waals surface area contributed by atoms with Gasteiger partial charge in [0.25, 0.3) is 0 Å². The number of fused-ring (bicyclic) bond motifs is 3. The molecule has 0 aromatic heterocycles. The highest BCUT2D eigenvalue weighted by molar-refractivity contribution is 4.96. The molecule has 4 unspecified atom stereocenters. The first-order valence-electron chi connectivity index (χ1n) is 6.04. The molecule has 0 aliphatic heterocycles. The van der Waals surface area contributed by atoms with Crippen LogP contribution in [-0.2, 0) is 0 Å². The van der Waals surface area contributed by atoms with E-state index in [-0.39, 0.29) is 6.10 Å². The first-order valence-corrected chi connectivity index (χ1v) is 6.04. The molecule has 74 valence electrons. The Labute approximate surface area is 80.5 Å². The zero-order valence-electron chi connectivity index (χ0n) is 8.28. The molecule has 0 aromatic rings. The fraction of sp³-hybridized carbons (Fsp3) is 1.00. The minimum absolute atomic E-state index is 0.0538. The van der Waals surface area contributed by atoms with Crippen molar-refractivity contribution in [2.75, 3.05) is 0 Å². The van der Waals surface area contributed by atoms with Crippen LogP contribution in [0.5, 0.6) is 0 Å². The van der Waals surface area contributed by atoms with E-state index in [4.69, 9.17) is 0 Å². The summed E-state index contributed by atoms with van der Waals surface area (Å²) in [6.45, 7) is 0. The van der Waals surface area contributed by atoms with E-state index in [2.05, 4.69) is 0 Å². The van der Waals surface area contributed by atoms with Crippen molar-refractivity contribution in [3.8, 4) is 0 Å². The molecule has 4 saturated carbocycles. The van der Waals surface area contributed by atoms with Crippen LogP contribution in [0.25, 0.3) is 0 Å². The lowest BCUT2D eigenvalue weighted by atomic mass is 9.69. The van der Waals surface area contributed by atoms with Crippen LogP contribution in [0.4, 0.5) is 0 Å². The first-order chi connectivity index (χ1) is 6.36. The van der Waals surface area contributed by atoms with E-state index < -0.39 is 0 Å². The van der Waals surface area contributed by atoms with Crippen molar-refractivity contribution in [1.29, 1.82) is 0 Å². The van der Waals surface area contributed by atoms with Crippen LogP contribution in [0.2, 0.25) is 0 Å². The molecule has 1 N–H and O–H groups in total. The van der Waals surface area contributed by atoms with E-state index in [0.29, 0.717) is 5.92 Å². The number of aliphatic hydroxyl groups is 1. The van der Waals surface area contributed by atoms with Crippen molar-refractivity contribution in [1.82, 2.24) is 0 Å². The van der Waals surface area contributed by atoms with Crippen LogP contribution in [-0.4, -0.2) is 11.2 Å². The lowest BCUT2D eigenvalue weighted by Gasteiger charge is -2.37. The summed E-state index contributed by atoms with van der Waals surface area (Å²) < 4.78 is 0. The van der Waals surface area contributed by atoms with Crippen molar-refractivity contribution in [3.63, 3.8) is 0 Å². The maximum atomic E-state index is 10.0. The van der Waals surface area contributed by atoms with E-state index in [0.717, 1.165) is 24.2 Å². The minimum atomic E-state index is 0.0538. The second-order valence-electron chi connectivity index (χ2n) is 5.40. The van der Waals surface area contributed by atoms with Gasteiger partial charge in [-0.3, -0.25) is 0 Å². The van der Waals surface area contributed by atoms with Crippen molar-refractivity contribution >= 4 is 0 Å². The highest BCUT2D eigenvalue weighted by atomic mass is 16.3. The molecule has 13 heavy (non-hydrogen) atoms. The van der Waals surface area contributed by atoms with Crippen LogP contribution in [0.1, 0.15) is 44.9 Å². The van der Waals surface area contributed by atoms with Gasteiger partial charge in [-0.05, 0) is 62.2 Å². The summed E-state index contributed by atoms with van der Waals surface area (Å²) in [5.41, 5.74) is 0. The van der Waals surface area contributed by atoms with Crippen LogP contribution >= 0.6 is 0 Å². The second kappa shape index (κ2) is 2.98. The molecule has 0 aromatic carbocycles. The maximum absolute atomic E-state index is 10.0. The highest BCUT2D eigenvalue weighted by Crippen LogP contribution is 2.53. The molecule has 0 amide bonds. The van der Waals surface area contributed by atoms with E-state index in [1.807, 2.05) is 0 Å². The SMILES string of the molecule is O[C@@H]1CCC2CCC1C1CCCC21. The topological polar surface area (TPSA) is 20.2 Å². The van der Waals surface area contributed by atoms with Gasteiger partial charge in [-0.1, -0.05) is 6.42 Å². The molecule has 2 bridgehead atoms. The van der Waals surface area contributed by atoms with Crippen LogP contribution in [0.3, 0.4) is 0 Å². The summed E-state index contributed by atoms with van der Waals surface area (Å²) in [6, 6.07) is 0. The summed E-state index contributed by atoms with van der Waals surface area (Å²) in [6.07, 6.45) is 9.55. The molecule has 5 atom stereocenters. The average molecular weight is 180 g/mol. The molecule has 1 nitrogen and oxygen atoms in total. The molecule has 1 heteroatoms. The van der Waals surface area contributed by atoms with Crippen LogP contribution in [0, 0.1) is 23.7 Å². The molecular formula is C12H20O. The lowest BCUT2D eigenvalue weighted by Crippen LogP contribution is -2.33. The van der Waals surface area contributed by atoms with Crippen molar-refractivity contribution in [3.05, 3.63) is 0 Å². The Hall–Kier alpha value is -0.0400. The average Bonchev–Trinajstić information content (AvgIpc) is 2.52. The quantitative estimate of drug-likeness (QED) is 0.607. The van der Waals surface area contributed by atoms with E-state index in [1.165, 1.54) is 38.5 Å². The summed E-state index contributed by atoms with van der Waals surface area (Å²) >= 11 is 0. The van der Waals surface area contributed by atoms with Crippen molar-refractivity contribution < 1.29 is 5.11 Å². The Balaban J connectivity index is 1.90. The number of hydrogen-bond donors (Lipinski definition) is 1. The number of aliphatic hydroxyl groups excluding tert-OH is 1. The van der Waals surface area contributed by atoms with Gasteiger partial charge in [-0.25, -0.2) is 0 Å². The second-order valence-corrected chi connectivity index (χ2v) is 5.40. The lowest BCUT2D eigenvalue weighted by molar-refractivity contribution is 0.0418. The highest BCUT2D eigenvalue weighted by Gasteiger charge is 2.46. The van der Waals surface area contributed by atoms with Gasteiger partial charge in [0.1, 0.15) is 0 Å². The van der Waals surface area contributed by atoms with E-state index in [9.17, 15) is 5.11 Å². The van der Waals surface area contributed by atoms with Crippen molar-refractivity contribution in [2.45, 2.75) is 51.0 Å². The Morgan fingerprint density at radius 2 is 1.46 bits per heavy atom. The largest absolute Gasteiger partial charge is 0.393 e. The van der Waals surface area contributed by atoms with Gasteiger partial charge in [0.15, 0.2) is 0 Å². The molecule has 0 heterocycles. The van der Waals surface area contributed by atoms with E-state index >= 15 is 0 Å². The zero-order chi connectivity index (χ0) is 8.84. The van der Waals surface area contributed by atoms with E-state index in [1.54, 1.807) is 0 Å². The smallest absolute Gasteiger partial charge is 0.0571 e. The van der Waals surface area contributed by atoms with Gasteiger partial charge in [-0.2, -0.15) is 0 Å². The molecule has 4 fully saturated rings. The Morgan fingerprint density at radius 3 is 2.38 bits per heavy atom. The number of rotatable bonds is 0. The third-order valence-corrected chi connectivity index (χ3v) is 4.98. The van der Waals surface area contributed by atoms with Gasteiger partial charge in [0, 0.05) is 0 Å². The van der Waals surface area contributed by atoms with Gasteiger partial charge >= 0.3 is 0 Å². The zero-order valence-corrected chi connectivity index (χ0v) is 8.28. The minimum Gasteiger partial charge on any atom is -0.393 e. The Bertz CT molecular complexity index is 201. The Kier molecular flexibility index (Phi) is 1.90. The fourth-order valence-corrected chi connectivity index (χ4v) is 4.40. The predicted octanol–water partition coefficient (Wildman–Crippen LogP) is 2.58. The normalized spacial score (nSPS) is 54.7. The Morgan fingerprint density at radius 1 is 0.692 bits per heavy atom. The maximum Gasteiger partial charge on any atom is 0.0571 e. The standard InChI is InChI=1S/C12H20O/c13-12-7-5-8-4-6-11(12)10-3-1-2-9(8)10/h8-13H,1-7H2/t8?,9?,10?,11?,12-/m1/s1. The molecule has 0 saturated heterocycles. The number of hydrogen-bond acceptors (Lipinski definition) is 1. The van der Waals surface area contributed by atoms with Gasteiger partial charge in [0.05, 0.1) is 6.10 Å². The summed E-state index contributed by atoms with van der Waals surface area (Å²) in [7, 11) is 0. The molecule has 4 aliphatic carbocycles. The van der Waals surface area contributed by atoms with Crippen LogP contribution < -0.4 is 0 Å². The summed E-state index contributed by atoms with van der Waals surface area (Å²) in [4.78, 5) is 0. The van der Waals surface area contributed by atoms with Gasteiger partial charge in [0.2, 0.25) is 0 Å². The third kappa shape index (κ3) is 1.16. The summed E-state index contributed by atoms with van der Waals surface area (Å²) in [5.74, 6) is 3.60. The van der Waals surface area contributed by atoms with Crippen molar-refractivity contribution in [2.24, 2.45) is 23.7 Å². The summed E-state index contributed by atoms with van der Waals surface area (Å²) in [5, 5.41) is 10.0. The molecule has 0 spiro atoms. The van der Waals surface area contributed by atoms with Gasteiger partial charge in [-0.15, -0.1) is 0 Å². The molecule has 4 rings (SSSR count). The fourth-order valence-electron chi connectivity index (χ4n) is 4.40. The first kappa shape index (κ1) is 8.28. The predicted molar refractivity (Wildman–Crippen MR) is 52.3 cm³/mol.